The minimum Gasteiger partial charge on any atom is -0.480 e. The molecule has 0 aliphatic carbocycles. The maximum atomic E-state index is 13.3. The van der Waals surface area contributed by atoms with Crippen molar-refractivity contribution in [1.82, 2.24) is 0 Å². The lowest BCUT2D eigenvalue weighted by molar-refractivity contribution is -0.419. The van der Waals surface area contributed by atoms with Crippen molar-refractivity contribution in [1.29, 1.82) is 0 Å². The Bertz CT molecular complexity index is 665. The third-order valence-corrected chi connectivity index (χ3v) is 3.00. The Balaban J connectivity index is 6.64. The number of rotatable bonds is 8. The molecule has 0 aromatic rings. The van der Waals surface area contributed by atoms with E-state index >= 15 is 0 Å². The summed E-state index contributed by atoms with van der Waals surface area (Å²) in [5.74, 6) is -47.8. The maximum absolute atomic E-state index is 13.3. The van der Waals surface area contributed by atoms with Crippen LogP contribution in [0.2, 0.25) is 0 Å². The zero-order valence-corrected chi connectivity index (χ0v) is 13.4. The Morgan fingerprint density at radius 1 is 0.613 bits per heavy atom. The van der Waals surface area contributed by atoms with Crippen LogP contribution in [0.15, 0.2) is 11.6 Å². The van der Waals surface area contributed by atoms with E-state index in [0.717, 1.165) is 0 Å². The van der Waals surface area contributed by atoms with Gasteiger partial charge in [-0.15, -0.1) is 0 Å². The predicted molar refractivity (Wildman–Crippen MR) is 56.9 cm³/mol. The number of alkyl halides is 18. The van der Waals surface area contributed by atoms with Crippen LogP contribution < -0.4 is 0 Å². The van der Waals surface area contributed by atoms with Crippen molar-refractivity contribution in [3.8, 4) is 0 Å². The number of halogens is 19. The Morgan fingerprint density at radius 3 is 1.29 bits per heavy atom. The second-order valence-electron chi connectivity index (χ2n) is 5.29. The molecule has 31 heavy (non-hydrogen) atoms. The summed E-state index contributed by atoms with van der Waals surface area (Å²) in [5.41, 5.74) is 0. The normalized spacial score (nSPS) is 16.5. The van der Waals surface area contributed by atoms with E-state index in [1.165, 1.54) is 0 Å². The third kappa shape index (κ3) is 5.01. The van der Waals surface area contributed by atoms with Gasteiger partial charge in [-0.3, -0.25) is 0 Å². The van der Waals surface area contributed by atoms with Gasteiger partial charge in [0.2, 0.25) is 11.6 Å². The molecule has 0 atom stereocenters. The average molecular weight is 512 g/mol. The second kappa shape index (κ2) is 7.96. The van der Waals surface area contributed by atoms with Gasteiger partial charge in [0.25, 0.3) is 0 Å². The van der Waals surface area contributed by atoms with Gasteiger partial charge >= 0.3 is 48.4 Å². The molecule has 0 radical (unpaired) electrons. The molecule has 0 aliphatic rings. The van der Waals surface area contributed by atoms with Crippen molar-refractivity contribution in [3.63, 3.8) is 0 Å². The molecule has 0 unspecified atom stereocenters. The monoisotopic (exact) mass is 512 g/mol. The Morgan fingerprint density at radius 2 is 1.00 bits per heavy atom. The zero-order valence-electron chi connectivity index (χ0n) is 13.4. The molecule has 0 aromatic carbocycles. The van der Waals surface area contributed by atoms with Crippen LogP contribution in [-0.4, -0.2) is 55.0 Å². The first-order chi connectivity index (χ1) is 13.2. The number of hydrogen-bond acceptors (Lipinski definition) is 1. The molecule has 0 amide bonds. The van der Waals surface area contributed by atoms with Gasteiger partial charge in [-0.05, 0) is 0 Å². The third-order valence-electron chi connectivity index (χ3n) is 3.00. The second-order valence-corrected chi connectivity index (χ2v) is 5.29. The lowest BCUT2D eigenvalue weighted by atomic mass is 9.96. The van der Waals surface area contributed by atoms with Crippen molar-refractivity contribution < 1.29 is 88.2 Å². The predicted octanol–water partition coefficient (Wildman–Crippen LogP) is 6.75. The molecule has 0 saturated heterocycles. The maximum Gasteiger partial charge on any atom is 0.460 e. The molecular weight excluding hydrogens is 509 g/mol. The first-order valence-corrected chi connectivity index (χ1v) is 6.53. The summed E-state index contributed by atoms with van der Waals surface area (Å²) in [4.78, 5) is 0. The van der Waals surface area contributed by atoms with Gasteiger partial charge in [-0.1, -0.05) is 0 Å². The fourth-order valence-corrected chi connectivity index (χ4v) is 1.35. The van der Waals surface area contributed by atoms with E-state index < -0.39 is 66.6 Å². The first kappa shape index (κ1) is 29.2. The van der Waals surface area contributed by atoms with E-state index in [0.29, 0.717) is 0 Å². The van der Waals surface area contributed by atoms with Gasteiger partial charge in [-0.25, -0.2) is 13.2 Å². The van der Waals surface area contributed by atoms with Gasteiger partial charge in [0.15, 0.2) is 6.61 Å². The molecule has 0 spiro atoms. The summed E-state index contributed by atoms with van der Waals surface area (Å²) in [6.45, 7) is -3.39. The molecule has 0 rings (SSSR count). The quantitative estimate of drug-likeness (QED) is 0.259. The van der Waals surface area contributed by atoms with Crippen LogP contribution in [-0.2, 0) is 4.74 Å². The number of allylic oxidation sites excluding steroid dienone is 2. The fourth-order valence-electron chi connectivity index (χ4n) is 1.35. The van der Waals surface area contributed by atoms with Crippen LogP contribution in [0.25, 0.3) is 0 Å². The molecule has 0 N–H and O–H groups in total. The van der Waals surface area contributed by atoms with Gasteiger partial charge in [-0.2, -0.15) is 70.2 Å². The summed E-state index contributed by atoms with van der Waals surface area (Å²) >= 11 is 0. The van der Waals surface area contributed by atoms with Crippen LogP contribution in [0.4, 0.5) is 83.4 Å². The number of ether oxygens (including phenoxy) is 1. The molecule has 0 aromatic heterocycles. The van der Waals surface area contributed by atoms with E-state index in [2.05, 4.69) is 4.74 Å². The standard InChI is InChI=1S/C11H3F19O/c12-2(3(7(19,20)21)31-1-5(15,16)4(13)14)6(17,18)8(22,23)9(24,25)10(26,27)11(28,29)30/h4H,1H2/b3-2+. The van der Waals surface area contributed by atoms with Crippen LogP contribution >= 0.6 is 0 Å². The molecule has 0 fully saturated rings. The largest absolute Gasteiger partial charge is 0.480 e. The smallest absolute Gasteiger partial charge is 0.460 e. The topological polar surface area (TPSA) is 9.23 Å². The molecule has 20 heteroatoms. The highest BCUT2D eigenvalue weighted by Crippen LogP contribution is 2.59. The van der Waals surface area contributed by atoms with Crippen LogP contribution in [0.1, 0.15) is 0 Å². The number of hydrogen-bond donors (Lipinski definition) is 0. The summed E-state index contributed by atoms with van der Waals surface area (Å²) < 4.78 is 241. The van der Waals surface area contributed by atoms with E-state index in [1.54, 1.807) is 0 Å². The van der Waals surface area contributed by atoms with E-state index in [1.807, 2.05) is 0 Å². The summed E-state index contributed by atoms with van der Waals surface area (Å²) in [6, 6.07) is 0. The fraction of sp³-hybridized carbons (Fsp3) is 0.818. The van der Waals surface area contributed by atoms with E-state index in [-0.39, 0.29) is 0 Å². The SMILES string of the molecule is F/C(=C(/OCC(F)(F)C(F)F)C(F)(F)F)C(F)(F)C(F)(F)C(F)(F)C(F)(F)C(F)(F)F. The summed E-state index contributed by atoms with van der Waals surface area (Å²) in [6.07, 6.45) is -19.6. The van der Waals surface area contributed by atoms with Crippen molar-refractivity contribution in [2.75, 3.05) is 6.61 Å². The lowest BCUT2D eigenvalue weighted by Crippen LogP contribution is -2.66. The average Bonchev–Trinajstić information content (AvgIpc) is 2.51. The van der Waals surface area contributed by atoms with E-state index in [4.69, 9.17) is 0 Å². The Labute approximate surface area is 156 Å². The Hall–Kier alpha value is -1.79. The molecule has 0 saturated carbocycles. The Kier molecular flexibility index (Phi) is 7.50. The van der Waals surface area contributed by atoms with Crippen LogP contribution in [0.3, 0.4) is 0 Å². The minimum atomic E-state index is -8.33. The molecule has 0 bridgehead atoms. The van der Waals surface area contributed by atoms with E-state index in [9.17, 15) is 83.4 Å². The van der Waals surface area contributed by atoms with Crippen molar-refractivity contribution in [3.05, 3.63) is 11.6 Å². The molecule has 0 heterocycles. The van der Waals surface area contributed by atoms with Crippen LogP contribution in [0.5, 0.6) is 0 Å². The summed E-state index contributed by atoms with van der Waals surface area (Å²) in [5, 5.41) is 0. The van der Waals surface area contributed by atoms with Gasteiger partial charge < -0.3 is 4.74 Å². The lowest BCUT2D eigenvalue weighted by Gasteiger charge is -2.37. The van der Waals surface area contributed by atoms with Gasteiger partial charge in [0.05, 0.1) is 0 Å². The van der Waals surface area contributed by atoms with Crippen molar-refractivity contribution >= 4 is 0 Å². The zero-order chi connectivity index (χ0) is 25.6. The van der Waals surface area contributed by atoms with Gasteiger partial charge in [0.1, 0.15) is 0 Å². The highest BCUT2D eigenvalue weighted by atomic mass is 19.4. The highest BCUT2D eigenvalue weighted by molar-refractivity contribution is 5.22. The summed E-state index contributed by atoms with van der Waals surface area (Å²) in [7, 11) is 0. The molecule has 186 valence electrons. The molecule has 1 nitrogen and oxygen atoms in total. The highest BCUT2D eigenvalue weighted by Gasteiger charge is 2.88. The van der Waals surface area contributed by atoms with Crippen molar-refractivity contribution in [2.24, 2.45) is 0 Å². The van der Waals surface area contributed by atoms with Gasteiger partial charge in [0, 0.05) is 0 Å². The minimum absolute atomic E-state index is 2.52. The molecule has 0 aliphatic heterocycles. The van der Waals surface area contributed by atoms with Crippen molar-refractivity contribution in [2.45, 2.75) is 48.4 Å². The molecular formula is C11H3F19O. The van der Waals surface area contributed by atoms with Crippen LogP contribution in [0, 0.1) is 0 Å². The first-order valence-electron chi connectivity index (χ1n) is 6.53.